The molecule has 0 aromatic heterocycles. The van der Waals surface area contributed by atoms with Crippen molar-refractivity contribution in [2.45, 2.75) is 78.2 Å². The van der Waals surface area contributed by atoms with E-state index in [-0.39, 0.29) is 5.78 Å². The number of aryl methyl sites for hydroxylation is 2. The molecule has 176 valence electrons. The highest BCUT2D eigenvalue weighted by Gasteiger charge is 2.17. The summed E-state index contributed by atoms with van der Waals surface area (Å²) in [7, 11) is 0. The van der Waals surface area contributed by atoms with Crippen LogP contribution < -0.4 is 4.74 Å². The number of benzene rings is 2. The van der Waals surface area contributed by atoms with Crippen LogP contribution >= 0.6 is 0 Å². The van der Waals surface area contributed by atoms with Gasteiger partial charge in [0.1, 0.15) is 5.75 Å². The smallest absolute Gasteiger partial charge is 0.338 e. The SMILES string of the molecule is CCC#CC(=O)C(C)OC(=O)c1ccc(CCc2ccc(OCCCCCCC)cc2)cc1. The predicted molar refractivity (Wildman–Crippen MR) is 132 cm³/mol. The van der Waals surface area contributed by atoms with E-state index in [2.05, 4.69) is 30.9 Å². The van der Waals surface area contributed by atoms with Crippen molar-refractivity contribution < 1.29 is 19.1 Å². The number of Topliss-reactive ketones (excluding diaryl/α,β-unsaturated/α-hetero) is 1. The van der Waals surface area contributed by atoms with E-state index in [1.807, 2.05) is 31.2 Å². The third-order valence-electron chi connectivity index (χ3n) is 5.37. The Labute approximate surface area is 198 Å². The molecule has 4 heteroatoms. The summed E-state index contributed by atoms with van der Waals surface area (Å²) < 4.78 is 11.1. The van der Waals surface area contributed by atoms with E-state index in [0.29, 0.717) is 12.0 Å². The minimum atomic E-state index is -0.871. The van der Waals surface area contributed by atoms with Gasteiger partial charge in [0.2, 0.25) is 5.78 Å². The number of ketones is 1. The van der Waals surface area contributed by atoms with Gasteiger partial charge in [-0.05, 0) is 67.5 Å². The number of carbonyl (C=O) groups excluding carboxylic acids is 2. The van der Waals surface area contributed by atoms with Crippen LogP contribution in [0.1, 0.15) is 80.8 Å². The van der Waals surface area contributed by atoms with Crippen molar-refractivity contribution in [1.82, 2.24) is 0 Å². The lowest BCUT2D eigenvalue weighted by Gasteiger charge is -2.10. The number of unbranched alkanes of at least 4 members (excludes halogenated alkanes) is 4. The van der Waals surface area contributed by atoms with Crippen LogP contribution in [0.5, 0.6) is 5.75 Å². The molecule has 0 radical (unpaired) electrons. The van der Waals surface area contributed by atoms with Gasteiger partial charge in [0, 0.05) is 6.42 Å². The van der Waals surface area contributed by atoms with Gasteiger partial charge in [-0.2, -0.15) is 0 Å². The van der Waals surface area contributed by atoms with Crippen LogP contribution in [0.2, 0.25) is 0 Å². The Morgan fingerprint density at radius 2 is 1.45 bits per heavy atom. The number of hydrogen-bond donors (Lipinski definition) is 0. The highest BCUT2D eigenvalue weighted by Crippen LogP contribution is 2.16. The van der Waals surface area contributed by atoms with E-state index in [1.54, 1.807) is 19.1 Å². The van der Waals surface area contributed by atoms with Crippen LogP contribution in [0.4, 0.5) is 0 Å². The molecule has 0 spiro atoms. The van der Waals surface area contributed by atoms with E-state index in [1.165, 1.54) is 31.2 Å². The first-order valence-electron chi connectivity index (χ1n) is 12.1. The van der Waals surface area contributed by atoms with Crippen LogP contribution in [0.3, 0.4) is 0 Å². The lowest BCUT2D eigenvalue weighted by atomic mass is 10.0. The summed E-state index contributed by atoms with van der Waals surface area (Å²) in [5.41, 5.74) is 2.81. The van der Waals surface area contributed by atoms with E-state index in [9.17, 15) is 9.59 Å². The average molecular weight is 449 g/mol. The summed E-state index contributed by atoms with van der Waals surface area (Å²) in [5.74, 6) is 5.20. The Bertz CT molecular complexity index is 917. The summed E-state index contributed by atoms with van der Waals surface area (Å²) in [6.45, 7) is 6.40. The topological polar surface area (TPSA) is 52.6 Å². The zero-order valence-corrected chi connectivity index (χ0v) is 20.2. The summed E-state index contributed by atoms with van der Waals surface area (Å²) in [5, 5.41) is 0. The quantitative estimate of drug-likeness (QED) is 0.155. The molecule has 0 saturated carbocycles. The maximum atomic E-state index is 12.3. The van der Waals surface area contributed by atoms with Crippen molar-refractivity contribution in [2.24, 2.45) is 0 Å². The first kappa shape index (κ1) is 26.2. The Kier molecular flexibility index (Phi) is 11.8. The van der Waals surface area contributed by atoms with Crippen molar-refractivity contribution in [2.75, 3.05) is 6.61 Å². The van der Waals surface area contributed by atoms with Gasteiger partial charge in [0.05, 0.1) is 12.2 Å². The lowest BCUT2D eigenvalue weighted by molar-refractivity contribution is -0.121. The van der Waals surface area contributed by atoms with Gasteiger partial charge < -0.3 is 9.47 Å². The fourth-order valence-electron chi connectivity index (χ4n) is 3.30. The largest absolute Gasteiger partial charge is 0.494 e. The van der Waals surface area contributed by atoms with Crippen molar-refractivity contribution in [3.8, 4) is 17.6 Å². The van der Waals surface area contributed by atoms with Gasteiger partial charge in [-0.25, -0.2) is 4.79 Å². The lowest BCUT2D eigenvalue weighted by Crippen LogP contribution is -2.23. The first-order chi connectivity index (χ1) is 16.0. The second-order valence-electron chi connectivity index (χ2n) is 8.17. The zero-order chi connectivity index (χ0) is 23.9. The second-order valence-corrected chi connectivity index (χ2v) is 8.17. The molecule has 0 aliphatic carbocycles. The molecular weight excluding hydrogens is 412 g/mol. The molecular formula is C29H36O4. The van der Waals surface area contributed by atoms with Crippen LogP contribution in [-0.2, 0) is 22.4 Å². The van der Waals surface area contributed by atoms with E-state index >= 15 is 0 Å². The second kappa shape index (κ2) is 14.9. The Morgan fingerprint density at radius 3 is 2.06 bits per heavy atom. The van der Waals surface area contributed by atoms with Gasteiger partial charge in [0.15, 0.2) is 6.10 Å². The van der Waals surface area contributed by atoms with Crippen molar-refractivity contribution in [1.29, 1.82) is 0 Å². The Morgan fingerprint density at radius 1 is 0.848 bits per heavy atom. The molecule has 0 heterocycles. The molecule has 4 nitrogen and oxygen atoms in total. The fraction of sp³-hybridized carbons (Fsp3) is 0.448. The monoisotopic (exact) mass is 448 g/mol. The number of carbonyl (C=O) groups is 2. The Hall–Kier alpha value is -3.06. The highest BCUT2D eigenvalue weighted by molar-refractivity contribution is 6.01. The number of esters is 1. The minimum Gasteiger partial charge on any atom is -0.494 e. The van der Waals surface area contributed by atoms with Crippen LogP contribution in [0.15, 0.2) is 48.5 Å². The van der Waals surface area contributed by atoms with Crippen molar-refractivity contribution in [3.05, 3.63) is 65.2 Å². The average Bonchev–Trinajstić information content (AvgIpc) is 2.84. The summed E-state index contributed by atoms with van der Waals surface area (Å²) in [6, 6.07) is 15.6. The molecule has 2 aromatic carbocycles. The van der Waals surface area contributed by atoms with E-state index < -0.39 is 12.1 Å². The predicted octanol–water partition coefficient (Wildman–Crippen LogP) is 6.35. The van der Waals surface area contributed by atoms with Gasteiger partial charge in [0.25, 0.3) is 0 Å². The molecule has 0 saturated heterocycles. The fourth-order valence-corrected chi connectivity index (χ4v) is 3.30. The summed E-state index contributed by atoms with van der Waals surface area (Å²) in [4.78, 5) is 24.1. The van der Waals surface area contributed by atoms with E-state index in [4.69, 9.17) is 9.47 Å². The van der Waals surface area contributed by atoms with Crippen molar-refractivity contribution >= 4 is 11.8 Å². The molecule has 1 unspecified atom stereocenters. The zero-order valence-electron chi connectivity index (χ0n) is 20.2. The van der Waals surface area contributed by atoms with Crippen LogP contribution in [0, 0.1) is 11.8 Å². The van der Waals surface area contributed by atoms with Gasteiger partial charge in [-0.15, -0.1) is 0 Å². The summed E-state index contributed by atoms with van der Waals surface area (Å²) in [6.07, 6.45) is 7.67. The maximum Gasteiger partial charge on any atom is 0.338 e. The molecule has 0 fully saturated rings. The third kappa shape index (κ3) is 9.95. The highest BCUT2D eigenvalue weighted by atomic mass is 16.5. The first-order valence-corrected chi connectivity index (χ1v) is 12.1. The van der Waals surface area contributed by atoms with Gasteiger partial charge in [-0.3, -0.25) is 4.79 Å². The minimum absolute atomic E-state index is 0.384. The molecule has 0 aliphatic heterocycles. The number of ether oxygens (including phenoxy) is 2. The normalized spacial score (nSPS) is 11.2. The molecule has 33 heavy (non-hydrogen) atoms. The molecule has 2 aromatic rings. The number of hydrogen-bond acceptors (Lipinski definition) is 4. The number of rotatable bonds is 13. The van der Waals surface area contributed by atoms with E-state index in [0.717, 1.165) is 37.2 Å². The maximum absolute atomic E-state index is 12.3. The van der Waals surface area contributed by atoms with Crippen LogP contribution in [-0.4, -0.2) is 24.5 Å². The summed E-state index contributed by atoms with van der Waals surface area (Å²) >= 11 is 0. The molecule has 0 amide bonds. The molecule has 2 rings (SSSR count). The van der Waals surface area contributed by atoms with Crippen molar-refractivity contribution in [3.63, 3.8) is 0 Å². The van der Waals surface area contributed by atoms with Crippen LogP contribution in [0.25, 0.3) is 0 Å². The molecule has 0 bridgehead atoms. The van der Waals surface area contributed by atoms with Gasteiger partial charge >= 0.3 is 5.97 Å². The van der Waals surface area contributed by atoms with Gasteiger partial charge in [-0.1, -0.05) is 69.7 Å². The standard InChI is InChI=1S/C29H36O4/c1-4-6-8-9-10-22-32-27-20-16-25(17-21-27)13-12-24-14-18-26(19-15-24)29(31)33-23(3)28(30)11-7-5-2/h14-21,23H,4-6,8-10,12-13,22H2,1-3H3. The molecule has 0 N–H and O–H groups in total. The third-order valence-corrected chi connectivity index (χ3v) is 5.37. The molecule has 1 atom stereocenters. The molecule has 0 aliphatic rings. The Balaban J connectivity index is 1.76.